The molecule has 19 heavy (non-hydrogen) atoms. The van der Waals surface area contributed by atoms with Gasteiger partial charge in [-0.05, 0) is 43.0 Å². The first-order valence-corrected chi connectivity index (χ1v) is 9.45. The van der Waals surface area contributed by atoms with Crippen molar-refractivity contribution in [3.05, 3.63) is 15.8 Å². The van der Waals surface area contributed by atoms with Gasteiger partial charge in [0.25, 0.3) is 0 Å². The summed E-state index contributed by atoms with van der Waals surface area (Å²) in [5.41, 5.74) is 0.818. The molecule has 108 valence electrons. The highest BCUT2D eigenvalue weighted by Crippen LogP contribution is 2.32. The lowest BCUT2D eigenvalue weighted by Gasteiger charge is -2.20. The summed E-state index contributed by atoms with van der Waals surface area (Å²) in [5, 5.41) is 1.88. The first kappa shape index (κ1) is 15.3. The van der Waals surface area contributed by atoms with Crippen LogP contribution in [0.2, 0.25) is 0 Å². The second kappa shape index (κ2) is 6.12. The molecule has 0 aromatic carbocycles. The number of thiophene rings is 1. The molecule has 1 unspecified atom stereocenters. The Kier molecular flexibility index (Phi) is 4.93. The molecule has 1 aromatic heterocycles. The third kappa shape index (κ3) is 3.15. The van der Waals surface area contributed by atoms with Crippen molar-refractivity contribution in [1.29, 1.82) is 0 Å². The fourth-order valence-corrected chi connectivity index (χ4v) is 6.04. The van der Waals surface area contributed by atoms with Gasteiger partial charge in [0, 0.05) is 18.0 Å². The van der Waals surface area contributed by atoms with E-state index in [1.807, 2.05) is 12.3 Å². The van der Waals surface area contributed by atoms with Crippen LogP contribution in [0, 0.1) is 12.8 Å². The van der Waals surface area contributed by atoms with Gasteiger partial charge in [-0.25, -0.2) is 8.42 Å². The number of rotatable bonds is 3. The average Bonchev–Trinajstić information content (AvgIpc) is 2.60. The molecule has 0 N–H and O–H groups in total. The highest BCUT2D eigenvalue weighted by molar-refractivity contribution is 7.89. The van der Waals surface area contributed by atoms with Gasteiger partial charge in [0.1, 0.15) is 4.90 Å². The van der Waals surface area contributed by atoms with Crippen molar-refractivity contribution in [3.8, 4) is 0 Å². The minimum atomic E-state index is -3.38. The molecule has 1 aliphatic rings. The Hall–Kier alpha value is -0.100. The Morgan fingerprint density at radius 3 is 2.84 bits per heavy atom. The van der Waals surface area contributed by atoms with E-state index in [1.54, 1.807) is 4.31 Å². The average molecular weight is 322 g/mol. The minimum absolute atomic E-state index is 0.261. The molecular formula is C13H20ClNO2S2. The smallest absolute Gasteiger partial charge is 0.207 e. The summed E-state index contributed by atoms with van der Waals surface area (Å²) < 4.78 is 27.2. The second-order valence-corrected chi connectivity index (χ2v) is 8.35. The summed E-state index contributed by atoms with van der Waals surface area (Å²) in [6.45, 7) is 5.29. The van der Waals surface area contributed by atoms with Crippen molar-refractivity contribution in [3.63, 3.8) is 0 Å². The number of halogens is 1. The number of aryl methyl sites for hydroxylation is 1. The number of hydrogen-bond acceptors (Lipinski definition) is 3. The van der Waals surface area contributed by atoms with Crippen molar-refractivity contribution in [1.82, 2.24) is 4.31 Å². The van der Waals surface area contributed by atoms with Crippen LogP contribution in [-0.2, 0) is 15.9 Å². The molecule has 2 heterocycles. The van der Waals surface area contributed by atoms with Crippen molar-refractivity contribution >= 4 is 33.0 Å². The van der Waals surface area contributed by atoms with Crippen LogP contribution < -0.4 is 0 Å². The summed E-state index contributed by atoms with van der Waals surface area (Å²) in [5.74, 6) is 0.869. The fraction of sp³-hybridized carbons (Fsp3) is 0.692. The Bertz CT molecular complexity index is 539. The van der Waals surface area contributed by atoms with Gasteiger partial charge >= 0.3 is 0 Å². The number of alkyl halides is 1. The van der Waals surface area contributed by atoms with Crippen LogP contribution in [0.5, 0.6) is 0 Å². The maximum absolute atomic E-state index is 12.8. The van der Waals surface area contributed by atoms with Gasteiger partial charge in [0.2, 0.25) is 10.0 Å². The maximum atomic E-state index is 12.8. The van der Waals surface area contributed by atoms with Crippen molar-refractivity contribution in [2.75, 3.05) is 13.1 Å². The SMILES string of the molecule is Cc1csc(CCl)c1S(=O)(=O)N1CCCC(C)CC1. The third-order valence-electron chi connectivity index (χ3n) is 3.68. The summed E-state index contributed by atoms with van der Waals surface area (Å²) in [6.07, 6.45) is 3.00. The van der Waals surface area contributed by atoms with E-state index in [1.165, 1.54) is 11.3 Å². The Morgan fingerprint density at radius 1 is 1.42 bits per heavy atom. The van der Waals surface area contributed by atoms with E-state index >= 15 is 0 Å². The van der Waals surface area contributed by atoms with Crippen LogP contribution in [0.1, 0.15) is 36.6 Å². The zero-order valence-electron chi connectivity index (χ0n) is 11.4. The summed E-state index contributed by atoms with van der Waals surface area (Å²) in [4.78, 5) is 1.21. The topological polar surface area (TPSA) is 37.4 Å². The molecule has 0 aliphatic carbocycles. The van der Waals surface area contributed by atoms with Crippen LogP contribution in [-0.4, -0.2) is 25.8 Å². The lowest BCUT2D eigenvalue weighted by Crippen LogP contribution is -2.32. The van der Waals surface area contributed by atoms with Crippen LogP contribution in [0.15, 0.2) is 10.3 Å². The quantitative estimate of drug-likeness (QED) is 0.798. The number of sulfonamides is 1. The standard InChI is InChI=1S/C13H20ClNO2S2/c1-10-4-3-6-15(7-5-10)19(16,17)13-11(2)9-18-12(13)8-14/h9-10H,3-8H2,1-2H3. The van der Waals surface area contributed by atoms with E-state index in [2.05, 4.69) is 6.92 Å². The molecule has 0 radical (unpaired) electrons. The van der Waals surface area contributed by atoms with E-state index < -0.39 is 10.0 Å². The minimum Gasteiger partial charge on any atom is -0.207 e. The van der Waals surface area contributed by atoms with Gasteiger partial charge < -0.3 is 0 Å². The monoisotopic (exact) mass is 321 g/mol. The summed E-state index contributed by atoms with van der Waals surface area (Å²) >= 11 is 7.31. The molecule has 0 amide bonds. The highest BCUT2D eigenvalue weighted by atomic mass is 35.5. The number of nitrogens with zero attached hydrogens (tertiary/aromatic N) is 1. The van der Waals surface area contributed by atoms with Gasteiger partial charge in [0.15, 0.2) is 0 Å². The summed E-state index contributed by atoms with van der Waals surface area (Å²) in [7, 11) is -3.38. The largest absolute Gasteiger partial charge is 0.244 e. The molecule has 2 rings (SSSR count). The van der Waals surface area contributed by atoms with Gasteiger partial charge in [-0.1, -0.05) is 6.92 Å². The van der Waals surface area contributed by atoms with E-state index in [-0.39, 0.29) is 5.88 Å². The summed E-state index contributed by atoms with van der Waals surface area (Å²) in [6, 6.07) is 0. The molecule has 1 atom stereocenters. The lowest BCUT2D eigenvalue weighted by atomic mass is 10.0. The van der Waals surface area contributed by atoms with Crippen molar-refractivity contribution < 1.29 is 8.42 Å². The first-order valence-electron chi connectivity index (χ1n) is 6.60. The molecule has 1 aromatic rings. The normalized spacial score (nSPS) is 22.4. The molecular weight excluding hydrogens is 302 g/mol. The molecule has 0 spiro atoms. The molecule has 1 aliphatic heterocycles. The Labute approximate surface area is 124 Å². The van der Waals surface area contributed by atoms with Crippen LogP contribution >= 0.6 is 22.9 Å². The maximum Gasteiger partial charge on any atom is 0.244 e. The molecule has 6 heteroatoms. The van der Waals surface area contributed by atoms with Gasteiger partial charge in [0.05, 0.1) is 5.88 Å². The van der Waals surface area contributed by atoms with Crippen LogP contribution in [0.4, 0.5) is 0 Å². The third-order valence-corrected chi connectivity index (χ3v) is 7.47. The first-order chi connectivity index (χ1) is 8.96. The predicted octanol–water partition coefficient (Wildman–Crippen LogP) is 3.61. The van der Waals surface area contributed by atoms with Gasteiger partial charge in [-0.15, -0.1) is 22.9 Å². The van der Waals surface area contributed by atoms with E-state index in [0.717, 1.165) is 29.7 Å². The van der Waals surface area contributed by atoms with E-state index in [4.69, 9.17) is 11.6 Å². The highest BCUT2D eigenvalue weighted by Gasteiger charge is 2.30. The van der Waals surface area contributed by atoms with Crippen molar-refractivity contribution in [2.45, 2.75) is 43.9 Å². The van der Waals surface area contributed by atoms with E-state index in [9.17, 15) is 8.42 Å². The van der Waals surface area contributed by atoms with Gasteiger partial charge in [-0.2, -0.15) is 4.31 Å². The fourth-order valence-electron chi connectivity index (χ4n) is 2.53. The van der Waals surface area contributed by atoms with Gasteiger partial charge in [-0.3, -0.25) is 0 Å². The predicted molar refractivity (Wildman–Crippen MR) is 80.4 cm³/mol. The van der Waals surface area contributed by atoms with Crippen LogP contribution in [0.3, 0.4) is 0 Å². The number of hydrogen-bond donors (Lipinski definition) is 0. The molecule has 3 nitrogen and oxygen atoms in total. The van der Waals surface area contributed by atoms with Crippen LogP contribution in [0.25, 0.3) is 0 Å². The van der Waals surface area contributed by atoms with E-state index in [0.29, 0.717) is 23.9 Å². The zero-order valence-corrected chi connectivity index (χ0v) is 13.7. The Balaban J connectivity index is 2.33. The molecule has 1 fully saturated rings. The molecule has 0 bridgehead atoms. The zero-order chi connectivity index (χ0) is 14.0. The Morgan fingerprint density at radius 2 is 2.16 bits per heavy atom. The molecule has 1 saturated heterocycles. The van der Waals surface area contributed by atoms with Crippen molar-refractivity contribution in [2.24, 2.45) is 5.92 Å². The molecule has 0 saturated carbocycles. The second-order valence-electron chi connectivity index (χ2n) is 5.24. The lowest BCUT2D eigenvalue weighted by molar-refractivity contribution is 0.416.